The van der Waals surface area contributed by atoms with Crippen molar-refractivity contribution in [2.24, 2.45) is 5.41 Å². The monoisotopic (exact) mass is 418 g/mol. The Kier molecular flexibility index (Phi) is 6.09. The Balaban J connectivity index is 2.05. The predicted molar refractivity (Wildman–Crippen MR) is 121 cm³/mol. The third kappa shape index (κ3) is 4.48. The molecular formula is C24H38O4Si. The lowest BCUT2D eigenvalue weighted by atomic mass is 9.90. The summed E-state index contributed by atoms with van der Waals surface area (Å²) >= 11 is 0. The maximum Gasteiger partial charge on any atom is 0.312 e. The van der Waals surface area contributed by atoms with E-state index in [9.17, 15) is 0 Å². The summed E-state index contributed by atoms with van der Waals surface area (Å²) < 4.78 is 25.2. The molecule has 0 amide bonds. The van der Waals surface area contributed by atoms with Crippen LogP contribution in [-0.4, -0.2) is 28.1 Å². The third-order valence-corrected chi connectivity index (χ3v) is 10.8. The minimum atomic E-state index is -1.99. The molecule has 0 aromatic heterocycles. The van der Waals surface area contributed by atoms with Crippen LogP contribution in [0.15, 0.2) is 18.2 Å². The third-order valence-electron chi connectivity index (χ3n) is 6.48. The standard InChI is InChI=1S/C24H38O4Si/c1-9-10-11-12-19-13-20(24-25-15-23(6,16-26-24)17-27-24)18(2)21(14-19)28-29(7,8)22(3,4)5/h11-14H,9-10,15-17H2,1-8H3/b12-11-. The van der Waals surface area contributed by atoms with Crippen LogP contribution in [0.25, 0.3) is 6.08 Å². The molecule has 1 aromatic carbocycles. The summed E-state index contributed by atoms with van der Waals surface area (Å²) in [5.74, 6) is -0.212. The Labute approximate surface area is 177 Å². The highest BCUT2D eigenvalue weighted by atomic mass is 28.4. The fourth-order valence-corrected chi connectivity index (χ4v) is 4.40. The molecule has 0 spiro atoms. The zero-order valence-electron chi connectivity index (χ0n) is 19.5. The van der Waals surface area contributed by atoms with Gasteiger partial charge in [-0.25, -0.2) is 0 Å². The molecule has 3 aliphatic heterocycles. The first-order valence-corrected chi connectivity index (χ1v) is 13.7. The molecule has 3 aliphatic rings. The Morgan fingerprint density at radius 2 is 1.69 bits per heavy atom. The van der Waals surface area contributed by atoms with Gasteiger partial charge in [0.25, 0.3) is 0 Å². The molecule has 0 N–H and O–H groups in total. The first-order valence-electron chi connectivity index (χ1n) is 10.8. The van der Waals surface area contributed by atoms with E-state index in [1.807, 2.05) is 0 Å². The Morgan fingerprint density at radius 1 is 1.10 bits per heavy atom. The Bertz CT molecular complexity index is 751. The van der Waals surface area contributed by atoms with Crippen LogP contribution in [-0.2, 0) is 20.2 Å². The van der Waals surface area contributed by atoms with Crippen molar-refractivity contribution in [1.29, 1.82) is 0 Å². The predicted octanol–water partition coefficient (Wildman–Crippen LogP) is 6.39. The van der Waals surface area contributed by atoms with Gasteiger partial charge in [-0.05, 0) is 49.2 Å². The summed E-state index contributed by atoms with van der Waals surface area (Å²) in [4.78, 5) is 0. The number of ether oxygens (including phenoxy) is 3. The van der Waals surface area contributed by atoms with Gasteiger partial charge in [-0.1, -0.05) is 53.2 Å². The summed E-state index contributed by atoms with van der Waals surface area (Å²) in [7, 11) is -1.99. The zero-order valence-corrected chi connectivity index (χ0v) is 20.5. The van der Waals surface area contributed by atoms with Gasteiger partial charge in [0, 0.05) is 16.5 Å². The maximum absolute atomic E-state index is 6.74. The van der Waals surface area contributed by atoms with Gasteiger partial charge in [0.05, 0.1) is 19.8 Å². The van der Waals surface area contributed by atoms with E-state index in [1.165, 1.54) is 0 Å². The summed E-state index contributed by atoms with van der Waals surface area (Å²) in [6, 6.07) is 4.28. The molecule has 0 radical (unpaired) electrons. The molecule has 162 valence electrons. The van der Waals surface area contributed by atoms with E-state index in [0.29, 0.717) is 19.8 Å². The van der Waals surface area contributed by atoms with E-state index in [1.54, 1.807) is 0 Å². The Morgan fingerprint density at radius 3 is 2.21 bits per heavy atom. The second kappa shape index (κ2) is 7.84. The van der Waals surface area contributed by atoms with E-state index >= 15 is 0 Å². The molecule has 29 heavy (non-hydrogen) atoms. The number of benzene rings is 1. The van der Waals surface area contributed by atoms with Crippen LogP contribution < -0.4 is 4.43 Å². The van der Waals surface area contributed by atoms with Crippen molar-refractivity contribution < 1.29 is 18.6 Å². The van der Waals surface area contributed by atoms with Crippen molar-refractivity contribution in [2.45, 2.75) is 78.5 Å². The largest absolute Gasteiger partial charge is 0.543 e. The lowest BCUT2D eigenvalue weighted by molar-refractivity contribution is -0.477. The van der Waals surface area contributed by atoms with Gasteiger partial charge in [-0.15, -0.1) is 0 Å². The van der Waals surface area contributed by atoms with Gasteiger partial charge in [0.15, 0.2) is 0 Å². The summed E-state index contributed by atoms with van der Waals surface area (Å²) in [5.41, 5.74) is 2.99. The first-order chi connectivity index (χ1) is 13.4. The van der Waals surface area contributed by atoms with Crippen LogP contribution in [0.1, 0.15) is 64.2 Å². The molecule has 2 bridgehead atoms. The second-order valence-electron chi connectivity index (χ2n) is 10.5. The van der Waals surface area contributed by atoms with E-state index in [2.05, 4.69) is 78.9 Å². The topological polar surface area (TPSA) is 36.9 Å². The molecule has 4 nitrogen and oxygen atoms in total. The van der Waals surface area contributed by atoms with Crippen molar-refractivity contribution in [3.63, 3.8) is 0 Å². The number of hydrogen-bond donors (Lipinski definition) is 0. The normalized spacial score (nSPS) is 27.6. The van der Waals surface area contributed by atoms with Crippen LogP contribution in [0.4, 0.5) is 0 Å². The minimum Gasteiger partial charge on any atom is -0.543 e. The molecule has 0 saturated carbocycles. The maximum atomic E-state index is 6.74. The van der Waals surface area contributed by atoms with Gasteiger partial charge in [0.1, 0.15) is 5.75 Å². The van der Waals surface area contributed by atoms with Crippen molar-refractivity contribution in [3.05, 3.63) is 34.9 Å². The van der Waals surface area contributed by atoms with Gasteiger partial charge >= 0.3 is 5.97 Å². The second-order valence-corrected chi connectivity index (χ2v) is 15.2. The molecule has 3 heterocycles. The molecule has 0 atom stereocenters. The average Bonchev–Trinajstić information content (AvgIpc) is 2.64. The Hall–Kier alpha value is -1.14. The highest BCUT2D eigenvalue weighted by Crippen LogP contribution is 2.47. The van der Waals surface area contributed by atoms with Crippen molar-refractivity contribution >= 4 is 14.4 Å². The SMILES string of the molecule is CCC/C=C\c1cc(O[Si](C)(C)C(C)(C)C)c(C)c(C23OCC(C)(CO2)CO3)c1. The van der Waals surface area contributed by atoms with E-state index in [-0.39, 0.29) is 10.5 Å². The highest BCUT2D eigenvalue weighted by molar-refractivity contribution is 6.74. The number of unbranched alkanes of at least 4 members (excludes halogenated alkanes) is 1. The van der Waals surface area contributed by atoms with E-state index in [4.69, 9.17) is 18.6 Å². The average molecular weight is 419 g/mol. The fraction of sp³-hybridized carbons (Fsp3) is 0.667. The fourth-order valence-electron chi connectivity index (χ4n) is 3.33. The van der Waals surface area contributed by atoms with E-state index < -0.39 is 14.3 Å². The van der Waals surface area contributed by atoms with Crippen LogP contribution >= 0.6 is 0 Å². The first kappa shape index (κ1) is 22.5. The van der Waals surface area contributed by atoms with Gasteiger partial charge in [0.2, 0.25) is 8.32 Å². The lowest BCUT2D eigenvalue weighted by Gasteiger charge is -2.51. The molecule has 3 fully saturated rings. The number of allylic oxidation sites excluding steroid dienone is 1. The molecule has 1 aromatic rings. The van der Waals surface area contributed by atoms with Crippen molar-refractivity contribution in [3.8, 4) is 5.75 Å². The molecular weight excluding hydrogens is 380 g/mol. The molecule has 5 heteroatoms. The summed E-state index contributed by atoms with van der Waals surface area (Å²) in [6.45, 7) is 19.7. The van der Waals surface area contributed by atoms with E-state index in [0.717, 1.165) is 35.3 Å². The van der Waals surface area contributed by atoms with Crippen molar-refractivity contribution in [1.82, 2.24) is 0 Å². The van der Waals surface area contributed by atoms with Gasteiger partial charge in [-0.3, -0.25) is 0 Å². The smallest absolute Gasteiger partial charge is 0.312 e. The number of fused-ring (bicyclic) bond motifs is 3. The molecule has 0 unspecified atom stereocenters. The van der Waals surface area contributed by atoms with Crippen molar-refractivity contribution in [2.75, 3.05) is 19.8 Å². The van der Waals surface area contributed by atoms with Crippen LogP contribution in [0, 0.1) is 12.3 Å². The van der Waals surface area contributed by atoms with Gasteiger partial charge < -0.3 is 18.6 Å². The van der Waals surface area contributed by atoms with Crippen LogP contribution in [0.5, 0.6) is 5.75 Å². The van der Waals surface area contributed by atoms with Gasteiger partial charge in [-0.2, -0.15) is 0 Å². The highest BCUT2D eigenvalue weighted by Gasteiger charge is 2.52. The number of hydrogen-bond acceptors (Lipinski definition) is 4. The molecule has 4 rings (SSSR count). The van der Waals surface area contributed by atoms with Crippen LogP contribution in [0.2, 0.25) is 18.1 Å². The molecule has 3 saturated heterocycles. The summed E-state index contributed by atoms with van der Waals surface area (Å²) in [6.07, 6.45) is 6.55. The lowest BCUT2D eigenvalue weighted by Crippen LogP contribution is -2.57. The molecule has 0 aliphatic carbocycles. The summed E-state index contributed by atoms with van der Waals surface area (Å²) in [5, 5.41) is 0.118. The quantitative estimate of drug-likeness (QED) is 0.502. The minimum absolute atomic E-state index is 0.0608. The number of rotatable bonds is 6. The van der Waals surface area contributed by atoms with Crippen LogP contribution in [0.3, 0.4) is 0 Å². The zero-order chi connectivity index (χ0) is 21.5.